The number of hydrogen-bond acceptors (Lipinski definition) is 8. The fourth-order valence-electron chi connectivity index (χ4n) is 6.44. The molecule has 2 N–H and O–H groups in total. The minimum absolute atomic E-state index is 0.00564. The molecular formula is C35H40FN7O5. The van der Waals surface area contributed by atoms with Gasteiger partial charge in [0.05, 0.1) is 49.9 Å². The second kappa shape index (κ2) is 14.3. The third-order valence-electron chi connectivity index (χ3n) is 9.04. The van der Waals surface area contributed by atoms with E-state index in [0.29, 0.717) is 65.8 Å². The number of piperazine rings is 1. The van der Waals surface area contributed by atoms with E-state index in [1.54, 1.807) is 48.0 Å². The summed E-state index contributed by atoms with van der Waals surface area (Å²) in [5, 5.41) is 8.50. The molecule has 0 spiro atoms. The van der Waals surface area contributed by atoms with Gasteiger partial charge in [0.1, 0.15) is 17.3 Å². The van der Waals surface area contributed by atoms with Crippen molar-refractivity contribution in [1.29, 1.82) is 0 Å². The molecule has 1 atom stereocenters. The maximum absolute atomic E-state index is 14.3. The summed E-state index contributed by atoms with van der Waals surface area (Å²) < 4.78 is 26.3. The van der Waals surface area contributed by atoms with Crippen molar-refractivity contribution >= 4 is 34.2 Å². The average molecular weight is 658 g/mol. The summed E-state index contributed by atoms with van der Waals surface area (Å²) in [4.78, 5) is 50.1. The summed E-state index contributed by atoms with van der Waals surface area (Å²) in [7, 11) is 3.03. The zero-order valence-electron chi connectivity index (χ0n) is 27.3. The first-order valence-corrected chi connectivity index (χ1v) is 16.1. The number of aromatic nitrogens is 2. The fourth-order valence-corrected chi connectivity index (χ4v) is 6.44. The zero-order valence-corrected chi connectivity index (χ0v) is 27.3. The van der Waals surface area contributed by atoms with E-state index in [4.69, 9.17) is 14.5 Å². The van der Waals surface area contributed by atoms with Crippen LogP contribution in [0.25, 0.3) is 10.9 Å². The number of hydrogen-bond donors (Lipinski definition) is 2. The van der Waals surface area contributed by atoms with Crippen molar-refractivity contribution in [1.82, 2.24) is 19.9 Å². The Balaban J connectivity index is 1.40. The van der Waals surface area contributed by atoms with Crippen LogP contribution in [0.4, 0.5) is 20.6 Å². The van der Waals surface area contributed by atoms with Gasteiger partial charge >= 0.3 is 6.03 Å². The van der Waals surface area contributed by atoms with Crippen LogP contribution in [0, 0.1) is 11.7 Å². The quantitative estimate of drug-likeness (QED) is 0.290. The number of fused-ring (bicyclic) bond motifs is 1. The highest BCUT2D eigenvalue weighted by molar-refractivity contribution is 6.03. The Kier molecular flexibility index (Phi) is 9.76. The molecule has 1 unspecified atom stereocenters. The van der Waals surface area contributed by atoms with E-state index < -0.39 is 17.9 Å². The number of halogens is 1. The van der Waals surface area contributed by atoms with Crippen LogP contribution in [-0.4, -0.2) is 80.0 Å². The monoisotopic (exact) mass is 657 g/mol. The number of methoxy groups -OCH3 is 2. The van der Waals surface area contributed by atoms with Crippen molar-refractivity contribution in [3.05, 3.63) is 88.7 Å². The van der Waals surface area contributed by atoms with Crippen LogP contribution in [-0.2, 0) is 4.79 Å². The van der Waals surface area contributed by atoms with Crippen molar-refractivity contribution in [3.8, 4) is 11.5 Å². The molecule has 2 aliphatic rings. The van der Waals surface area contributed by atoms with E-state index in [2.05, 4.69) is 10.6 Å². The lowest BCUT2D eigenvalue weighted by Crippen LogP contribution is -2.58. The van der Waals surface area contributed by atoms with Gasteiger partial charge in [-0.3, -0.25) is 14.5 Å². The van der Waals surface area contributed by atoms with Gasteiger partial charge in [0.15, 0.2) is 5.82 Å². The largest absolute Gasteiger partial charge is 0.497 e. The molecule has 0 bridgehead atoms. The van der Waals surface area contributed by atoms with Gasteiger partial charge in [-0.25, -0.2) is 18.8 Å². The molecule has 12 nitrogen and oxygen atoms in total. The Hall–Kier alpha value is -5.17. The molecule has 2 saturated heterocycles. The van der Waals surface area contributed by atoms with Gasteiger partial charge in [0, 0.05) is 30.8 Å². The number of amides is 3. The van der Waals surface area contributed by atoms with E-state index in [1.165, 1.54) is 43.4 Å². The highest BCUT2D eigenvalue weighted by atomic mass is 19.1. The molecule has 3 heterocycles. The SMILES string of the molecule is COc1ccc(N(C(=O)Nc2ccc(F)cc2)C(C)c2nc3ccccc3c(=O)n2N2CCN(C(=O)C3CCNCC3)CC2)c(OC)c1. The number of para-hydroxylation sites is 1. The molecule has 2 fully saturated rings. The van der Waals surface area contributed by atoms with Crippen LogP contribution in [0.3, 0.4) is 0 Å². The number of rotatable bonds is 8. The summed E-state index contributed by atoms with van der Waals surface area (Å²) in [6.07, 6.45) is 1.64. The number of urea groups is 1. The van der Waals surface area contributed by atoms with Crippen LogP contribution < -0.4 is 35.6 Å². The smallest absolute Gasteiger partial charge is 0.327 e. The van der Waals surface area contributed by atoms with Crippen LogP contribution in [0.2, 0.25) is 0 Å². The third-order valence-corrected chi connectivity index (χ3v) is 9.04. The van der Waals surface area contributed by atoms with Crippen LogP contribution >= 0.6 is 0 Å². The Labute approximate surface area is 278 Å². The summed E-state index contributed by atoms with van der Waals surface area (Å²) in [6, 6.07) is 16.3. The van der Waals surface area contributed by atoms with Crippen molar-refractivity contribution in [2.45, 2.75) is 25.8 Å². The highest BCUT2D eigenvalue weighted by Crippen LogP contribution is 2.37. The van der Waals surface area contributed by atoms with Gasteiger partial charge in [-0.2, -0.15) is 0 Å². The molecule has 0 radical (unpaired) electrons. The summed E-state index contributed by atoms with van der Waals surface area (Å²) in [6.45, 7) is 5.18. The number of piperidine rings is 1. The van der Waals surface area contributed by atoms with Crippen LogP contribution in [0.1, 0.15) is 31.6 Å². The standard InChI is InChI=1S/C35H40FN7O5/c1-23(42(30-13-12-27(47-2)22-31(30)48-3)35(46)38-26-10-8-25(36)9-11-26)32-39-29-7-5-4-6-28(29)34(45)43(32)41-20-18-40(19-21-41)33(44)24-14-16-37-17-15-24/h4-13,22-24,37H,14-21H2,1-3H3,(H,38,46). The topological polar surface area (TPSA) is 121 Å². The summed E-state index contributed by atoms with van der Waals surface area (Å²) >= 11 is 0. The molecule has 48 heavy (non-hydrogen) atoms. The second-order valence-electron chi connectivity index (χ2n) is 11.9. The van der Waals surface area contributed by atoms with Gasteiger partial charge in [0.25, 0.3) is 5.56 Å². The van der Waals surface area contributed by atoms with Crippen molar-refractivity contribution in [2.24, 2.45) is 5.92 Å². The molecule has 4 aromatic rings. The number of carbonyl (C=O) groups excluding carboxylic acids is 2. The molecule has 252 valence electrons. The summed E-state index contributed by atoms with van der Waals surface area (Å²) in [5.41, 5.74) is 0.989. The average Bonchev–Trinajstić information content (AvgIpc) is 3.13. The van der Waals surface area contributed by atoms with Gasteiger partial charge in [-0.15, -0.1) is 0 Å². The Morgan fingerprint density at radius 2 is 1.69 bits per heavy atom. The lowest BCUT2D eigenvalue weighted by molar-refractivity contribution is -0.136. The van der Waals surface area contributed by atoms with Gasteiger partial charge in [0.2, 0.25) is 5.91 Å². The molecule has 0 aliphatic carbocycles. The number of anilines is 2. The molecule has 6 rings (SSSR count). The van der Waals surface area contributed by atoms with E-state index in [-0.39, 0.29) is 17.4 Å². The van der Waals surface area contributed by atoms with Gasteiger partial charge in [-0.1, -0.05) is 12.1 Å². The predicted octanol–water partition coefficient (Wildman–Crippen LogP) is 4.13. The van der Waals surface area contributed by atoms with E-state index in [9.17, 15) is 18.8 Å². The Bertz CT molecular complexity index is 1840. The van der Waals surface area contributed by atoms with Crippen LogP contribution in [0.5, 0.6) is 11.5 Å². The Morgan fingerprint density at radius 3 is 2.38 bits per heavy atom. The van der Waals surface area contributed by atoms with Gasteiger partial charge in [-0.05, 0) is 81.4 Å². The normalized spacial score (nSPS) is 16.0. The summed E-state index contributed by atoms with van der Waals surface area (Å²) in [5.74, 6) is 0.936. The third kappa shape index (κ3) is 6.63. The molecule has 0 saturated carbocycles. The molecule has 3 aromatic carbocycles. The second-order valence-corrected chi connectivity index (χ2v) is 11.9. The molecular weight excluding hydrogens is 617 g/mol. The predicted molar refractivity (Wildman–Crippen MR) is 182 cm³/mol. The van der Waals surface area contributed by atoms with E-state index in [1.807, 2.05) is 16.0 Å². The first-order chi connectivity index (χ1) is 23.3. The zero-order chi connectivity index (χ0) is 33.8. The fraction of sp³-hybridized carbons (Fsp3) is 0.371. The minimum atomic E-state index is -0.820. The van der Waals surface area contributed by atoms with E-state index in [0.717, 1.165) is 25.9 Å². The number of carbonyl (C=O) groups is 2. The number of nitrogens with one attached hydrogen (secondary N) is 2. The number of benzene rings is 3. The molecule has 13 heteroatoms. The Morgan fingerprint density at radius 1 is 0.979 bits per heavy atom. The highest BCUT2D eigenvalue weighted by Gasteiger charge is 2.34. The van der Waals surface area contributed by atoms with E-state index >= 15 is 0 Å². The molecule has 3 amide bonds. The molecule has 2 aliphatic heterocycles. The maximum Gasteiger partial charge on any atom is 0.327 e. The first kappa shape index (κ1) is 32.8. The first-order valence-electron chi connectivity index (χ1n) is 16.1. The lowest BCUT2D eigenvalue weighted by atomic mass is 9.96. The van der Waals surface area contributed by atoms with Crippen LogP contribution in [0.15, 0.2) is 71.5 Å². The number of nitrogens with zero attached hydrogens (tertiary/aromatic N) is 5. The van der Waals surface area contributed by atoms with Crippen molar-refractivity contribution in [2.75, 3.05) is 68.7 Å². The number of ether oxygens (including phenoxy) is 2. The minimum Gasteiger partial charge on any atom is -0.497 e. The van der Waals surface area contributed by atoms with Crippen molar-refractivity contribution in [3.63, 3.8) is 0 Å². The maximum atomic E-state index is 14.3. The molecule has 1 aromatic heterocycles. The lowest BCUT2D eigenvalue weighted by Gasteiger charge is -2.40. The van der Waals surface area contributed by atoms with Gasteiger partial charge < -0.3 is 30.0 Å². The van der Waals surface area contributed by atoms with Crippen molar-refractivity contribution < 1.29 is 23.5 Å².